The van der Waals surface area contributed by atoms with Crippen molar-refractivity contribution < 1.29 is 14.3 Å². The van der Waals surface area contributed by atoms with Crippen LogP contribution in [0.4, 0.5) is 16.4 Å². The van der Waals surface area contributed by atoms with E-state index in [1.54, 1.807) is 31.3 Å². The lowest BCUT2D eigenvalue weighted by Gasteiger charge is -2.30. The van der Waals surface area contributed by atoms with Gasteiger partial charge in [0, 0.05) is 33.5 Å². The molecule has 0 atom stereocenters. The van der Waals surface area contributed by atoms with Gasteiger partial charge in [0.1, 0.15) is 23.4 Å². The van der Waals surface area contributed by atoms with Gasteiger partial charge in [0.2, 0.25) is 6.29 Å². The van der Waals surface area contributed by atoms with Crippen molar-refractivity contribution in [2.75, 3.05) is 45.1 Å². The van der Waals surface area contributed by atoms with Crippen molar-refractivity contribution in [1.29, 1.82) is 5.26 Å². The van der Waals surface area contributed by atoms with Crippen LogP contribution in [0.1, 0.15) is 35.1 Å². The Morgan fingerprint density at radius 3 is 2.73 bits per heavy atom. The van der Waals surface area contributed by atoms with Gasteiger partial charge >= 0.3 is 6.03 Å². The molecule has 1 aliphatic rings. The molecule has 0 bridgehead atoms. The average molecular weight is 410 g/mol. The number of hydrogen-bond acceptors (Lipinski definition) is 7. The van der Waals surface area contributed by atoms with Crippen molar-refractivity contribution in [3.8, 4) is 6.07 Å². The Labute approximate surface area is 176 Å². The number of anilines is 2. The fourth-order valence-corrected chi connectivity index (χ4v) is 3.46. The maximum absolute atomic E-state index is 13.0. The summed E-state index contributed by atoms with van der Waals surface area (Å²) in [5.41, 5.74) is 3.10. The van der Waals surface area contributed by atoms with Crippen LogP contribution in [0.25, 0.3) is 0 Å². The second-order valence-electron chi connectivity index (χ2n) is 7.29. The first-order valence-electron chi connectivity index (χ1n) is 9.64. The van der Waals surface area contributed by atoms with E-state index in [0.717, 1.165) is 24.0 Å². The van der Waals surface area contributed by atoms with Gasteiger partial charge in [-0.2, -0.15) is 5.26 Å². The molecule has 1 N–H and O–H groups in total. The van der Waals surface area contributed by atoms with Crippen LogP contribution in [-0.4, -0.2) is 55.8 Å². The lowest BCUT2D eigenvalue weighted by atomic mass is 10.0. The van der Waals surface area contributed by atoms with E-state index in [-0.39, 0.29) is 6.03 Å². The fourth-order valence-electron chi connectivity index (χ4n) is 3.46. The molecule has 0 saturated carbocycles. The number of pyridine rings is 2. The van der Waals surface area contributed by atoms with E-state index in [1.165, 1.54) is 6.20 Å². The van der Waals surface area contributed by atoms with Crippen LogP contribution >= 0.6 is 0 Å². The first-order valence-corrected chi connectivity index (χ1v) is 9.64. The predicted octanol–water partition coefficient (Wildman–Crippen LogP) is 2.69. The van der Waals surface area contributed by atoms with Crippen molar-refractivity contribution in [3.05, 3.63) is 46.8 Å². The molecule has 158 valence electrons. The molecule has 1 aliphatic heterocycles. The van der Waals surface area contributed by atoms with Crippen molar-refractivity contribution in [2.24, 2.45) is 0 Å². The smallest absolute Gasteiger partial charge is 0.328 e. The molecule has 2 aromatic rings. The highest BCUT2D eigenvalue weighted by atomic mass is 16.7. The van der Waals surface area contributed by atoms with E-state index in [1.807, 2.05) is 20.2 Å². The zero-order valence-electron chi connectivity index (χ0n) is 17.7. The topological polar surface area (TPSA) is 104 Å². The molecule has 9 nitrogen and oxygen atoms in total. The number of nitrogens with zero attached hydrogens (tertiary/aromatic N) is 5. The standard InChI is InChI=1S/C21H26N6O3/c1-26(2)13-16-10-15-6-5-9-27(19(15)25-18(16)20(29-3)30-4)21(28)24-17-8-7-14(11-22)12-23-17/h7-8,10,12,20H,5-6,9,13H2,1-4H3,(H,23,24,28). The minimum absolute atomic E-state index is 0.321. The first kappa shape index (κ1) is 21.6. The fraction of sp³-hybridized carbons (Fsp3) is 0.429. The normalized spacial score (nSPS) is 13.3. The maximum atomic E-state index is 13.0. The number of methoxy groups -OCH3 is 2. The molecular formula is C21H26N6O3. The summed E-state index contributed by atoms with van der Waals surface area (Å²) in [5, 5.41) is 11.7. The number of ether oxygens (including phenoxy) is 2. The summed E-state index contributed by atoms with van der Waals surface area (Å²) in [6, 6.07) is 6.98. The molecule has 0 radical (unpaired) electrons. The summed E-state index contributed by atoms with van der Waals surface area (Å²) >= 11 is 0. The number of nitrogens with one attached hydrogen (secondary N) is 1. The number of urea groups is 1. The Bertz CT molecular complexity index is 935. The van der Waals surface area contributed by atoms with Crippen molar-refractivity contribution in [1.82, 2.24) is 14.9 Å². The molecule has 3 heterocycles. The summed E-state index contributed by atoms with van der Waals surface area (Å²) in [5.74, 6) is 0.978. The van der Waals surface area contributed by atoms with Gasteiger partial charge in [0.25, 0.3) is 0 Å². The number of nitriles is 1. The van der Waals surface area contributed by atoms with Crippen molar-refractivity contribution in [3.63, 3.8) is 0 Å². The van der Waals surface area contributed by atoms with E-state index >= 15 is 0 Å². The number of carbonyl (C=O) groups is 1. The molecule has 30 heavy (non-hydrogen) atoms. The largest absolute Gasteiger partial charge is 0.350 e. The number of rotatable bonds is 6. The van der Waals surface area contributed by atoms with Crippen LogP contribution in [0.15, 0.2) is 24.4 Å². The highest BCUT2D eigenvalue weighted by Gasteiger charge is 2.28. The van der Waals surface area contributed by atoms with E-state index in [2.05, 4.69) is 21.3 Å². The highest BCUT2D eigenvalue weighted by molar-refractivity contribution is 6.01. The van der Waals surface area contributed by atoms with Gasteiger partial charge in [0.05, 0.1) is 5.56 Å². The predicted molar refractivity (Wildman–Crippen MR) is 112 cm³/mol. The molecule has 0 aromatic carbocycles. The van der Waals surface area contributed by atoms with Gasteiger partial charge in [-0.15, -0.1) is 0 Å². The quantitative estimate of drug-likeness (QED) is 0.730. The third-order valence-electron chi connectivity index (χ3n) is 4.79. The Balaban J connectivity index is 1.93. The van der Waals surface area contributed by atoms with Crippen LogP contribution in [0.5, 0.6) is 0 Å². The lowest BCUT2D eigenvalue weighted by Crippen LogP contribution is -2.40. The molecule has 0 aliphatic carbocycles. The summed E-state index contributed by atoms with van der Waals surface area (Å²) in [4.78, 5) is 25.6. The molecule has 0 spiro atoms. The zero-order chi connectivity index (χ0) is 21.7. The van der Waals surface area contributed by atoms with E-state index < -0.39 is 6.29 Å². The second kappa shape index (κ2) is 9.63. The number of fused-ring (bicyclic) bond motifs is 1. The Morgan fingerprint density at radius 2 is 2.13 bits per heavy atom. The minimum Gasteiger partial charge on any atom is -0.350 e. The van der Waals surface area contributed by atoms with Crippen molar-refractivity contribution >= 4 is 17.7 Å². The van der Waals surface area contributed by atoms with Gasteiger partial charge in [-0.3, -0.25) is 10.2 Å². The maximum Gasteiger partial charge on any atom is 0.328 e. The number of aromatic nitrogens is 2. The molecule has 2 amide bonds. The Morgan fingerprint density at radius 1 is 1.37 bits per heavy atom. The molecule has 0 unspecified atom stereocenters. The van der Waals surface area contributed by atoms with Crippen LogP contribution in [0.2, 0.25) is 0 Å². The summed E-state index contributed by atoms with van der Waals surface area (Å²) in [7, 11) is 7.11. The number of amides is 2. The van der Waals surface area contributed by atoms with Gasteiger partial charge < -0.3 is 14.4 Å². The molecule has 9 heteroatoms. The lowest BCUT2D eigenvalue weighted by molar-refractivity contribution is -0.109. The minimum atomic E-state index is -0.628. The number of carbonyl (C=O) groups excluding carboxylic acids is 1. The number of hydrogen-bond donors (Lipinski definition) is 1. The molecule has 0 saturated heterocycles. The van der Waals surface area contributed by atoms with Gasteiger partial charge in [-0.25, -0.2) is 14.8 Å². The van der Waals surface area contributed by atoms with E-state index in [0.29, 0.717) is 36.0 Å². The van der Waals surface area contributed by atoms with Gasteiger partial charge in [0.15, 0.2) is 0 Å². The Kier molecular flexibility index (Phi) is 6.95. The average Bonchev–Trinajstić information content (AvgIpc) is 2.74. The monoisotopic (exact) mass is 410 g/mol. The highest BCUT2D eigenvalue weighted by Crippen LogP contribution is 2.31. The van der Waals surface area contributed by atoms with Crippen LogP contribution in [0, 0.1) is 11.3 Å². The summed E-state index contributed by atoms with van der Waals surface area (Å²) < 4.78 is 10.9. The molecular weight excluding hydrogens is 384 g/mol. The van der Waals surface area contributed by atoms with E-state index in [4.69, 9.17) is 19.7 Å². The van der Waals surface area contributed by atoms with Crippen LogP contribution in [-0.2, 0) is 22.4 Å². The van der Waals surface area contributed by atoms with Gasteiger partial charge in [-0.1, -0.05) is 0 Å². The first-order chi connectivity index (χ1) is 14.5. The summed E-state index contributed by atoms with van der Waals surface area (Å²) in [6.07, 6.45) is 2.47. The van der Waals surface area contributed by atoms with Crippen LogP contribution < -0.4 is 10.2 Å². The molecule has 0 fully saturated rings. The number of aryl methyl sites for hydroxylation is 1. The Hall–Kier alpha value is -3.06. The SMILES string of the molecule is COC(OC)c1nc2c(cc1CN(C)C)CCCN2C(=O)Nc1ccc(C#N)cn1. The van der Waals surface area contributed by atoms with Gasteiger partial charge in [-0.05, 0) is 56.3 Å². The summed E-state index contributed by atoms with van der Waals surface area (Å²) in [6.45, 7) is 1.22. The zero-order valence-corrected chi connectivity index (χ0v) is 17.7. The third-order valence-corrected chi connectivity index (χ3v) is 4.79. The molecule has 3 rings (SSSR count). The third kappa shape index (κ3) is 4.74. The van der Waals surface area contributed by atoms with Crippen LogP contribution in [0.3, 0.4) is 0 Å². The second-order valence-corrected chi connectivity index (χ2v) is 7.29. The van der Waals surface area contributed by atoms with Crippen molar-refractivity contribution in [2.45, 2.75) is 25.7 Å². The van der Waals surface area contributed by atoms with E-state index in [9.17, 15) is 4.79 Å². The molecule has 2 aromatic heterocycles.